The first kappa shape index (κ1) is 10.0. The molecule has 1 aliphatic rings. The summed E-state index contributed by atoms with van der Waals surface area (Å²) in [4.78, 5) is 0. The van der Waals surface area contributed by atoms with Crippen LogP contribution in [0.1, 0.15) is 26.2 Å². The van der Waals surface area contributed by atoms with Crippen molar-refractivity contribution in [1.29, 1.82) is 0 Å². The first-order chi connectivity index (χ1) is 5.65. The Bertz CT molecular complexity index is 142. The molecule has 1 aliphatic heterocycles. The monoisotopic (exact) mass is 170 g/mol. The van der Waals surface area contributed by atoms with Gasteiger partial charge in [0.2, 0.25) is 0 Å². The van der Waals surface area contributed by atoms with Crippen molar-refractivity contribution in [2.75, 3.05) is 0 Å². The number of aliphatic hydroxyl groups is 2. The zero-order valence-corrected chi connectivity index (χ0v) is 7.31. The molecule has 2 radical (unpaired) electrons. The minimum absolute atomic E-state index is 0.201. The second-order valence-electron chi connectivity index (χ2n) is 3.30. The molecule has 0 amide bonds. The Labute approximate surface area is 74.1 Å². The molecule has 2 unspecified atom stereocenters. The van der Waals surface area contributed by atoms with Gasteiger partial charge in [0.1, 0.15) is 7.85 Å². The van der Waals surface area contributed by atoms with Gasteiger partial charge in [0.25, 0.3) is 0 Å². The van der Waals surface area contributed by atoms with Crippen LogP contribution in [0.5, 0.6) is 0 Å². The molecule has 2 N–H and O–H groups in total. The van der Waals surface area contributed by atoms with E-state index in [1.807, 2.05) is 6.92 Å². The lowest BCUT2D eigenvalue weighted by Gasteiger charge is -2.36. The molecule has 3 nitrogen and oxygen atoms in total. The number of hydrogen-bond acceptors (Lipinski definition) is 3. The predicted molar refractivity (Wildman–Crippen MR) is 46.0 cm³/mol. The Morgan fingerprint density at radius 1 is 1.42 bits per heavy atom. The van der Waals surface area contributed by atoms with E-state index in [1.54, 1.807) is 0 Å². The van der Waals surface area contributed by atoms with Crippen LogP contribution in [0.3, 0.4) is 0 Å². The van der Waals surface area contributed by atoms with E-state index in [9.17, 15) is 10.2 Å². The highest BCUT2D eigenvalue weighted by Gasteiger charge is 2.32. The van der Waals surface area contributed by atoms with Crippen LogP contribution in [0.4, 0.5) is 0 Å². The van der Waals surface area contributed by atoms with E-state index in [-0.39, 0.29) is 6.10 Å². The first-order valence-corrected chi connectivity index (χ1v) is 4.42. The summed E-state index contributed by atoms with van der Waals surface area (Å²) in [5, 5.41) is 18.7. The van der Waals surface area contributed by atoms with E-state index in [1.165, 1.54) is 0 Å². The van der Waals surface area contributed by atoms with E-state index in [4.69, 9.17) is 12.6 Å². The second kappa shape index (κ2) is 4.26. The summed E-state index contributed by atoms with van der Waals surface area (Å²) in [5.74, 6) is 0. The van der Waals surface area contributed by atoms with Crippen molar-refractivity contribution in [2.24, 2.45) is 0 Å². The molecule has 0 aromatic carbocycles. The predicted octanol–water partition coefficient (Wildman–Crippen LogP) is -0.208. The molecule has 0 saturated carbocycles. The topological polar surface area (TPSA) is 49.7 Å². The third kappa shape index (κ3) is 2.22. The Morgan fingerprint density at radius 3 is 2.67 bits per heavy atom. The average molecular weight is 170 g/mol. The average Bonchev–Trinajstić information content (AvgIpc) is 2.01. The highest BCUT2D eigenvalue weighted by Crippen LogP contribution is 2.21. The standard InChI is InChI=1S/C8H15BO3/c1-2-3-7-5(10)4-6(11)8(9)12-7/h5-8,10-11H,2-4H2,1H3/t5-,6?,7?,8-/m0/s1. The van der Waals surface area contributed by atoms with Crippen LogP contribution in [0.15, 0.2) is 0 Å². The van der Waals surface area contributed by atoms with Gasteiger partial charge in [-0.2, -0.15) is 0 Å². The lowest BCUT2D eigenvalue weighted by atomic mass is 9.86. The maximum Gasteiger partial charge on any atom is 0.112 e. The summed E-state index contributed by atoms with van der Waals surface area (Å²) in [6, 6.07) is -0.634. The summed E-state index contributed by atoms with van der Waals surface area (Å²) in [7, 11) is 5.48. The van der Waals surface area contributed by atoms with Crippen LogP contribution >= 0.6 is 0 Å². The van der Waals surface area contributed by atoms with Gasteiger partial charge in [0, 0.05) is 12.4 Å². The van der Waals surface area contributed by atoms with Gasteiger partial charge in [-0.25, -0.2) is 0 Å². The zero-order valence-electron chi connectivity index (χ0n) is 7.31. The molecule has 0 aromatic rings. The smallest absolute Gasteiger partial charge is 0.112 e. The molecule has 1 rings (SSSR count). The van der Waals surface area contributed by atoms with Crippen LogP contribution in [-0.4, -0.2) is 42.4 Å². The largest absolute Gasteiger partial charge is 0.391 e. The lowest BCUT2D eigenvalue weighted by molar-refractivity contribution is -0.142. The second-order valence-corrected chi connectivity index (χ2v) is 3.30. The van der Waals surface area contributed by atoms with Gasteiger partial charge in [0.15, 0.2) is 0 Å². The summed E-state index contributed by atoms with van der Waals surface area (Å²) in [6.45, 7) is 2.02. The Hall–Kier alpha value is -0.0551. The number of rotatable bonds is 2. The first-order valence-electron chi connectivity index (χ1n) is 4.42. The Balaban J connectivity index is 2.43. The minimum atomic E-state index is -0.729. The zero-order chi connectivity index (χ0) is 9.14. The fourth-order valence-electron chi connectivity index (χ4n) is 1.46. The maximum absolute atomic E-state index is 9.45. The van der Waals surface area contributed by atoms with Crippen LogP contribution < -0.4 is 0 Å². The lowest BCUT2D eigenvalue weighted by Crippen LogP contribution is -2.47. The molecular weight excluding hydrogens is 155 g/mol. The highest BCUT2D eigenvalue weighted by atomic mass is 16.5. The van der Waals surface area contributed by atoms with Crippen molar-refractivity contribution in [3.8, 4) is 0 Å². The molecule has 1 heterocycles. The van der Waals surface area contributed by atoms with Gasteiger partial charge < -0.3 is 14.9 Å². The molecule has 1 saturated heterocycles. The molecule has 4 heteroatoms. The minimum Gasteiger partial charge on any atom is -0.391 e. The summed E-state index contributed by atoms with van der Waals surface area (Å²) in [6.07, 6.45) is 0.569. The van der Waals surface area contributed by atoms with Gasteiger partial charge in [-0.3, -0.25) is 0 Å². The van der Waals surface area contributed by atoms with Gasteiger partial charge in [-0.05, 0) is 6.42 Å². The SMILES string of the molecule is [B][C@H]1OC(CCC)[C@@H](O)CC1O. The van der Waals surface area contributed by atoms with E-state index in [0.29, 0.717) is 6.42 Å². The van der Waals surface area contributed by atoms with E-state index in [0.717, 1.165) is 12.8 Å². The van der Waals surface area contributed by atoms with Crippen LogP contribution in [0.25, 0.3) is 0 Å². The summed E-state index contributed by atoms with van der Waals surface area (Å²) < 4.78 is 5.23. The van der Waals surface area contributed by atoms with Gasteiger partial charge in [-0.15, -0.1) is 0 Å². The fourth-order valence-corrected chi connectivity index (χ4v) is 1.46. The van der Waals surface area contributed by atoms with Gasteiger partial charge in [-0.1, -0.05) is 13.3 Å². The van der Waals surface area contributed by atoms with Crippen molar-refractivity contribution < 1.29 is 14.9 Å². The summed E-state index contributed by atoms with van der Waals surface area (Å²) >= 11 is 0. The molecule has 68 valence electrons. The van der Waals surface area contributed by atoms with Crippen molar-refractivity contribution >= 4 is 7.85 Å². The van der Waals surface area contributed by atoms with Crippen LogP contribution in [-0.2, 0) is 4.74 Å². The number of ether oxygens (including phenoxy) is 1. The number of hydrogen-bond donors (Lipinski definition) is 2. The molecule has 0 aromatic heterocycles. The van der Waals surface area contributed by atoms with Gasteiger partial charge >= 0.3 is 0 Å². The van der Waals surface area contributed by atoms with Crippen LogP contribution in [0.2, 0.25) is 0 Å². The van der Waals surface area contributed by atoms with Crippen LogP contribution in [0, 0.1) is 0 Å². The molecular formula is C8H15BO3. The van der Waals surface area contributed by atoms with Gasteiger partial charge in [0.05, 0.1) is 18.3 Å². The highest BCUT2D eigenvalue weighted by molar-refractivity contribution is 6.11. The van der Waals surface area contributed by atoms with Crippen molar-refractivity contribution in [1.82, 2.24) is 0 Å². The Kier molecular flexibility index (Phi) is 3.56. The van der Waals surface area contributed by atoms with Crippen molar-refractivity contribution in [3.05, 3.63) is 0 Å². The maximum atomic E-state index is 9.45. The quantitative estimate of drug-likeness (QED) is 0.564. The fraction of sp³-hybridized carbons (Fsp3) is 1.00. The molecule has 0 spiro atoms. The van der Waals surface area contributed by atoms with Crippen molar-refractivity contribution in [3.63, 3.8) is 0 Å². The summed E-state index contributed by atoms with van der Waals surface area (Å²) in [5.41, 5.74) is 0. The molecule has 4 atom stereocenters. The molecule has 0 bridgehead atoms. The Morgan fingerprint density at radius 2 is 2.08 bits per heavy atom. The third-order valence-electron chi connectivity index (χ3n) is 2.20. The molecule has 1 fully saturated rings. The molecule has 12 heavy (non-hydrogen) atoms. The third-order valence-corrected chi connectivity index (χ3v) is 2.20. The van der Waals surface area contributed by atoms with E-state index < -0.39 is 18.2 Å². The van der Waals surface area contributed by atoms with Crippen molar-refractivity contribution in [2.45, 2.75) is 50.5 Å². The number of aliphatic hydroxyl groups excluding tert-OH is 2. The van der Waals surface area contributed by atoms with E-state index in [2.05, 4.69) is 0 Å². The molecule has 0 aliphatic carbocycles. The normalized spacial score (nSPS) is 42.9. The van der Waals surface area contributed by atoms with E-state index >= 15 is 0 Å².